The summed E-state index contributed by atoms with van der Waals surface area (Å²) < 4.78 is 13.0. The van der Waals surface area contributed by atoms with Crippen molar-refractivity contribution >= 4 is 11.6 Å². The van der Waals surface area contributed by atoms with E-state index in [1.165, 1.54) is 17.7 Å². The molecule has 0 aliphatic carbocycles. The van der Waals surface area contributed by atoms with E-state index in [0.717, 1.165) is 5.56 Å². The Balaban J connectivity index is 1.84. The maximum Gasteiger partial charge on any atom is 0.238 e. The van der Waals surface area contributed by atoms with Crippen LogP contribution in [-0.4, -0.2) is 12.5 Å². The van der Waals surface area contributed by atoms with Gasteiger partial charge in [0.1, 0.15) is 5.82 Å². The van der Waals surface area contributed by atoms with E-state index in [2.05, 4.69) is 10.6 Å². The molecule has 0 spiro atoms. The molecule has 0 heterocycles. The van der Waals surface area contributed by atoms with Crippen LogP contribution < -0.4 is 10.6 Å². The van der Waals surface area contributed by atoms with Gasteiger partial charge in [0.05, 0.1) is 6.54 Å². The number of anilines is 1. The largest absolute Gasteiger partial charge is 0.325 e. The van der Waals surface area contributed by atoms with Crippen molar-refractivity contribution in [3.63, 3.8) is 0 Å². The van der Waals surface area contributed by atoms with Crippen LogP contribution in [0.4, 0.5) is 10.1 Å². The van der Waals surface area contributed by atoms with E-state index >= 15 is 0 Å². The minimum atomic E-state index is -0.367. The zero-order chi connectivity index (χ0) is 15.2. The van der Waals surface area contributed by atoms with Gasteiger partial charge in [-0.15, -0.1) is 0 Å². The van der Waals surface area contributed by atoms with Crippen LogP contribution >= 0.6 is 0 Å². The lowest BCUT2D eigenvalue weighted by atomic mass is 10.1. The van der Waals surface area contributed by atoms with Crippen LogP contribution in [0.5, 0.6) is 0 Å². The van der Waals surface area contributed by atoms with Crippen LogP contribution in [0.1, 0.15) is 24.1 Å². The average molecular weight is 286 g/mol. The Hall–Kier alpha value is -2.20. The summed E-state index contributed by atoms with van der Waals surface area (Å²) in [5.74, 6) is -0.562. The molecular weight excluding hydrogens is 267 g/mol. The summed E-state index contributed by atoms with van der Waals surface area (Å²) >= 11 is 0. The minimum Gasteiger partial charge on any atom is -0.325 e. The van der Waals surface area contributed by atoms with Gasteiger partial charge in [-0.1, -0.05) is 35.9 Å². The number of benzene rings is 2. The topological polar surface area (TPSA) is 41.1 Å². The molecule has 1 unspecified atom stereocenters. The molecule has 2 aromatic carbocycles. The van der Waals surface area contributed by atoms with Gasteiger partial charge in [-0.05, 0) is 37.6 Å². The summed E-state index contributed by atoms with van der Waals surface area (Å²) in [7, 11) is 0. The fourth-order valence-electron chi connectivity index (χ4n) is 1.99. The van der Waals surface area contributed by atoms with Crippen molar-refractivity contribution in [1.82, 2.24) is 5.32 Å². The minimum absolute atomic E-state index is 0.0730. The molecule has 2 aromatic rings. The highest BCUT2D eigenvalue weighted by Crippen LogP contribution is 2.13. The summed E-state index contributed by atoms with van der Waals surface area (Å²) in [6, 6.07) is 14.1. The van der Waals surface area contributed by atoms with Crippen molar-refractivity contribution in [1.29, 1.82) is 0 Å². The summed E-state index contributed by atoms with van der Waals surface area (Å²) in [5.41, 5.74) is 2.79. The van der Waals surface area contributed by atoms with E-state index in [1.54, 1.807) is 12.1 Å². The predicted octanol–water partition coefficient (Wildman–Crippen LogP) is 3.42. The Morgan fingerprint density at radius 2 is 1.90 bits per heavy atom. The Morgan fingerprint density at radius 3 is 2.57 bits per heavy atom. The fourth-order valence-corrected chi connectivity index (χ4v) is 1.99. The van der Waals surface area contributed by atoms with Crippen molar-refractivity contribution in [2.24, 2.45) is 0 Å². The molecule has 0 aromatic heterocycles. The molecule has 1 amide bonds. The van der Waals surface area contributed by atoms with Gasteiger partial charge >= 0.3 is 0 Å². The van der Waals surface area contributed by atoms with Crippen LogP contribution in [0.25, 0.3) is 0 Å². The van der Waals surface area contributed by atoms with E-state index in [0.29, 0.717) is 5.69 Å². The van der Waals surface area contributed by atoms with Gasteiger partial charge in [0.2, 0.25) is 5.91 Å². The third-order valence-corrected chi connectivity index (χ3v) is 3.25. The van der Waals surface area contributed by atoms with Crippen molar-refractivity contribution < 1.29 is 9.18 Å². The smallest absolute Gasteiger partial charge is 0.238 e. The second-order valence-corrected chi connectivity index (χ2v) is 5.07. The van der Waals surface area contributed by atoms with Gasteiger partial charge < -0.3 is 10.6 Å². The zero-order valence-electron chi connectivity index (χ0n) is 12.2. The number of carbonyl (C=O) groups excluding carboxylic acids is 1. The molecule has 0 radical (unpaired) electrons. The highest BCUT2D eigenvalue weighted by molar-refractivity contribution is 5.92. The van der Waals surface area contributed by atoms with Crippen molar-refractivity contribution in [3.05, 3.63) is 65.5 Å². The molecule has 0 aliphatic heterocycles. The van der Waals surface area contributed by atoms with E-state index < -0.39 is 0 Å². The van der Waals surface area contributed by atoms with Crippen LogP contribution in [0.3, 0.4) is 0 Å². The monoisotopic (exact) mass is 286 g/mol. The maximum atomic E-state index is 13.0. The Labute approximate surface area is 124 Å². The lowest BCUT2D eigenvalue weighted by Gasteiger charge is -2.14. The second kappa shape index (κ2) is 6.99. The predicted molar refractivity (Wildman–Crippen MR) is 82.6 cm³/mol. The number of rotatable bonds is 5. The van der Waals surface area contributed by atoms with Crippen LogP contribution in [0.15, 0.2) is 48.5 Å². The van der Waals surface area contributed by atoms with Gasteiger partial charge in [-0.3, -0.25) is 4.79 Å². The molecule has 21 heavy (non-hydrogen) atoms. The Bertz CT molecular complexity index is 610. The molecule has 3 nitrogen and oxygen atoms in total. The number of aryl methyl sites for hydroxylation is 1. The number of carbonyl (C=O) groups is 1. The van der Waals surface area contributed by atoms with Gasteiger partial charge in [0.25, 0.3) is 0 Å². The van der Waals surface area contributed by atoms with Crippen molar-refractivity contribution in [2.45, 2.75) is 19.9 Å². The fraction of sp³-hybridized carbons (Fsp3) is 0.235. The van der Waals surface area contributed by atoms with Crippen LogP contribution in [0.2, 0.25) is 0 Å². The molecular formula is C17H19FN2O. The standard InChI is InChI=1S/C17H19FN2O/c1-12-6-8-14(9-7-12)13(2)19-11-17(21)20-16-5-3-4-15(18)10-16/h3-10,13,19H,11H2,1-2H3,(H,20,21). The van der Waals surface area contributed by atoms with Gasteiger partial charge in [-0.2, -0.15) is 0 Å². The lowest BCUT2D eigenvalue weighted by molar-refractivity contribution is -0.115. The number of halogens is 1. The first-order chi connectivity index (χ1) is 10.0. The SMILES string of the molecule is Cc1ccc(C(C)NCC(=O)Nc2cccc(F)c2)cc1. The summed E-state index contributed by atoms with van der Waals surface area (Å²) in [5, 5.41) is 5.80. The molecule has 0 fully saturated rings. The van der Waals surface area contributed by atoms with E-state index in [-0.39, 0.29) is 24.3 Å². The first-order valence-electron chi connectivity index (χ1n) is 6.90. The average Bonchev–Trinajstić information content (AvgIpc) is 2.45. The maximum absolute atomic E-state index is 13.0. The quantitative estimate of drug-likeness (QED) is 0.884. The second-order valence-electron chi connectivity index (χ2n) is 5.07. The van der Waals surface area contributed by atoms with E-state index in [4.69, 9.17) is 0 Å². The third-order valence-electron chi connectivity index (χ3n) is 3.25. The molecule has 2 rings (SSSR count). The highest BCUT2D eigenvalue weighted by atomic mass is 19.1. The Kier molecular flexibility index (Phi) is 5.06. The van der Waals surface area contributed by atoms with Crippen LogP contribution in [0, 0.1) is 12.7 Å². The third kappa shape index (κ3) is 4.68. The van der Waals surface area contributed by atoms with Gasteiger partial charge in [-0.25, -0.2) is 4.39 Å². The molecule has 2 N–H and O–H groups in total. The Morgan fingerprint density at radius 1 is 1.19 bits per heavy atom. The summed E-state index contributed by atoms with van der Waals surface area (Å²) in [6.45, 7) is 4.21. The van der Waals surface area contributed by atoms with Gasteiger partial charge in [0.15, 0.2) is 0 Å². The molecule has 110 valence electrons. The summed E-state index contributed by atoms with van der Waals surface area (Å²) in [4.78, 5) is 11.8. The number of hydrogen-bond acceptors (Lipinski definition) is 2. The lowest BCUT2D eigenvalue weighted by Crippen LogP contribution is -2.30. The zero-order valence-corrected chi connectivity index (χ0v) is 12.2. The van der Waals surface area contributed by atoms with Crippen LogP contribution in [-0.2, 0) is 4.79 Å². The molecule has 4 heteroatoms. The molecule has 0 aliphatic rings. The van der Waals surface area contributed by atoms with Gasteiger partial charge in [0, 0.05) is 11.7 Å². The number of nitrogens with one attached hydrogen (secondary N) is 2. The van der Waals surface area contributed by atoms with E-state index in [9.17, 15) is 9.18 Å². The number of amides is 1. The normalized spacial score (nSPS) is 12.0. The highest BCUT2D eigenvalue weighted by Gasteiger charge is 2.08. The van der Waals surface area contributed by atoms with E-state index in [1.807, 2.05) is 38.1 Å². The molecule has 0 saturated heterocycles. The molecule has 1 atom stereocenters. The van der Waals surface area contributed by atoms with Crippen molar-refractivity contribution in [2.75, 3.05) is 11.9 Å². The number of hydrogen-bond donors (Lipinski definition) is 2. The first kappa shape index (κ1) is 15.2. The molecule has 0 bridgehead atoms. The van der Waals surface area contributed by atoms with Crippen molar-refractivity contribution in [3.8, 4) is 0 Å². The summed E-state index contributed by atoms with van der Waals surface area (Å²) in [6.07, 6.45) is 0. The molecule has 0 saturated carbocycles. The first-order valence-corrected chi connectivity index (χ1v) is 6.90.